The molecule has 0 heterocycles. The molecule has 4 heteroatoms. The summed E-state index contributed by atoms with van der Waals surface area (Å²) in [7, 11) is 3.14. The topological polar surface area (TPSA) is 55.4 Å². The van der Waals surface area contributed by atoms with Crippen molar-refractivity contribution in [3.63, 3.8) is 0 Å². The van der Waals surface area contributed by atoms with E-state index in [1.54, 1.807) is 26.3 Å². The molecule has 1 amide bonds. The van der Waals surface area contributed by atoms with Crippen LogP contribution in [0.25, 0.3) is 0 Å². The third-order valence-electron chi connectivity index (χ3n) is 3.09. The van der Waals surface area contributed by atoms with Crippen LogP contribution in [0.4, 0.5) is 0 Å². The molecule has 0 saturated heterocycles. The summed E-state index contributed by atoms with van der Waals surface area (Å²) in [6.07, 6.45) is 2.66. The van der Waals surface area contributed by atoms with E-state index in [9.17, 15) is 9.59 Å². The molecule has 1 aliphatic carbocycles. The Bertz CT molecular complexity index is 532. The number of rotatable bonds is 2. The minimum Gasteiger partial charge on any atom is -0.496 e. The second-order valence-corrected chi connectivity index (χ2v) is 4.10. The first kappa shape index (κ1) is 12.4. The molecule has 0 aliphatic heterocycles. The van der Waals surface area contributed by atoms with Gasteiger partial charge in [0.25, 0.3) is 0 Å². The van der Waals surface area contributed by atoms with Gasteiger partial charge in [-0.1, -0.05) is 12.1 Å². The number of hydrogen-bond donors (Lipinski definition) is 1. The number of hydrogen-bond acceptors (Lipinski definition) is 3. The van der Waals surface area contributed by atoms with Crippen molar-refractivity contribution < 1.29 is 14.3 Å². The van der Waals surface area contributed by atoms with Crippen molar-refractivity contribution in [2.24, 2.45) is 0 Å². The highest BCUT2D eigenvalue weighted by Gasteiger charge is 2.24. The third kappa shape index (κ3) is 2.14. The van der Waals surface area contributed by atoms with Gasteiger partial charge in [-0.15, -0.1) is 0 Å². The molecule has 0 aromatic heterocycles. The van der Waals surface area contributed by atoms with E-state index < -0.39 is 0 Å². The van der Waals surface area contributed by atoms with Crippen molar-refractivity contribution in [1.82, 2.24) is 5.32 Å². The largest absolute Gasteiger partial charge is 0.496 e. The molecule has 0 bridgehead atoms. The van der Waals surface area contributed by atoms with Crippen LogP contribution in [0.1, 0.15) is 22.3 Å². The van der Waals surface area contributed by atoms with Gasteiger partial charge in [-0.3, -0.25) is 9.59 Å². The summed E-state index contributed by atoms with van der Waals surface area (Å²) in [5.41, 5.74) is 2.12. The Morgan fingerprint density at radius 1 is 1.39 bits per heavy atom. The minimum absolute atomic E-state index is 0.0845. The maximum Gasteiger partial charge on any atom is 0.244 e. The van der Waals surface area contributed by atoms with E-state index in [0.717, 1.165) is 11.3 Å². The second-order valence-electron chi connectivity index (χ2n) is 4.10. The van der Waals surface area contributed by atoms with E-state index in [2.05, 4.69) is 5.32 Å². The fraction of sp³-hybridized carbons (Fsp3) is 0.286. The van der Waals surface area contributed by atoms with E-state index in [1.807, 2.05) is 6.07 Å². The highest BCUT2D eigenvalue weighted by molar-refractivity contribution is 6.13. The molecule has 0 unspecified atom stereocenters. The predicted molar refractivity (Wildman–Crippen MR) is 67.8 cm³/mol. The predicted octanol–water partition coefficient (Wildman–Crippen LogP) is 1.50. The van der Waals surface area contributed by atoms with Crippen LogP contribution in [0, 0.1) is 0 Å². The van der Waals surface area contributed by atoms with Crippen LogP contribution < -0.4 is 10.1 Å². The lowest BCUT2D eigenvalue weighted by Crippen LogP contribution is -2.20. The summed E-state index contributed by atoms with van der Waals surface area (Å²) in [6.45, 7) is 0. The van der Waals surface area contributed by atoms with Gasteiger partial charge in [0.1, 0.15) is 5.75 Å². The van der Waals surface area contributed by atoms with Gasteiger partial charge in [0.2, 0.25) is 5.91 Å². The van der Waals surface area contributed by atoms with E-state index >= 15 is 0 Å². The SMILES string of the molecule is CNC(=O)/C=C1/CCc2c(OC)cccc2C1=O. The maximum absolute atomic E-state index is 12.2. The maximum atomic E-state index is 12.2. The molecule has 0 fully saturated rings. The van der Waals surface area contributed by atoms with Crippen LogP contribution in [0.15, 0.2) is 29.8 Å². The monoisotopic (exact) mass is 245 g/mol. The zero-order valence-corrected chi connectivity index (χ0v) is 10.4. The number of ether oxygens (including phenoxy) is 1. The number of benzene rings is 1. The molecule has 0 radical (unpaired) electrons. The Morgan fingerprint density at radius 3 is 2.83 bits per heavy atom. The van der Waals surface area contributed by atoms with Crippen molar-refractivity contribution in [2.75, 3.05) is 14.2 Å². The number of likely N-dealkylation sites (N-methyl/N-ethyl adjacent to an activating group) is 1. The number of allylic oxidation sites excluding steroid dienone is 1. The zero-order valence-electron chi connectivity index (χ0n) is 10.4. The summed E-state index contributed by atoms with van der Waals surface area (Å²) in [5, 5.41) is 2.49. The van der Waals surface area contributed by atoms with Crippen molar-refractivity contribution in [3.8, 4) is 5.75 Å². The quantitative estimate of drug-likeness (QED) is 0.803. The Hall–Kier alpha value is -2.10. The van der Waals surface area contributed by atoms with Crippen molar-refractivity contribution in [3.05, 3.63) is 41.0 Å². The summed E-state index contributed by atoms with van der Waals surface area (Å²) >= 11 is 0. The molecule has 0 atom stereocenters. The number of amides is 1. The number of carbonyl (C=O) groups is 2. The minimum atomic E-state index is -0.246. The first-order valence-corrected chi connectivity index (χ1v) is 5.80. The zero-order chi connectivity index (χ0) is 13.1. The molecule has 1 aromatic rings. The summed E-state index contributed by atoms with van der Waals surface area (Å²) in [5.74, 6) is 0.406. The molecule has 1 aromatic carbocycles. The fourth-order valence-electron chi connectivity index (χ4n) is 2.14. The van der Waals surface area contributed by atoms with E-state index in [1.165, 1.54) is 6.08 Å². The van der Waals surface area contributed by atoms with E-state index in [0.29, 0.717) is 24.0 Å². The number of nitrogens with one attached hydrogen (secondary N) is 1. The van der Waals surface area contributed by atoms with E-state index in [4.69, 9.17) is 4.74 Å². The highest BCUT2D eigenvalue weighted by atomic mass is 16.5. The van der Waals surface area contributed by atoms with Gasteiger partial charge in [-0.2, -0.15) is 0 Å². The van der Waals surface area contributed by atoms with E-state index in [-0.39, 0.29) is 11.7 Å². The number of fused-ring (bicyclic) bond motifs is 1. The first-order chi connectivity index (χ1) is 8.67. The third-order valence-corrected chi connectivity index (χ3v) is 3.09. The van der Waals surface area contributed by atoms with Gasteiger partial charge < -0.3 is 10.1 Å². The Morgan fingerprint density at radius 2 is 2.17 bits per heavy atom. The number of methoxy groups -OCH3 is 1. The molecule has 0 saturated carbocycles. The number of carbonyl (C=O) groups excluding carboxylic acids is 2. The highest BCUT2D eigenvalue weighted by Crippen LogP contribution is 2.31. The lowest BCUT2D eigenvalue weighted by molar-refractivity contribution is -0.116. The molecule has 1 N–H and O–H groups in total. The molecule has 4 nitrogen and oxygen atoms in total. The average molecular weight is 245 g/mol. The number of Topliss-reactive ketones (excluding diaryl/α,β-unsaturated/α-hetero) is 1. The standard InChI is InChI=1S/C14H15NO3/c1-15-13(16)8-9-6-7-10-11(14(9)17)4-3-5-12(10)18-2/h3-5,8H,6-7H2,1-2H3,(H,15,16)/b9-8-. The van der Waals surface area contributed by atoms with Crippen molar-refractivity contribution >= 4 is 11.7 Å². The lowest BCUT2D eigenvalue weighted by Gasteiger charge is -2.19. The normalized spacial score (nSPS) is 16.3. The molecule has 2 rings (SSSR count). The van der Waals surface area contributed by atoms with Crippen LogP contribution in [0.2, 0.25) is 0 Å². The molecule has 94 valence electrons. The van der Waals surface area contributed by atoms with Gasteiger partial charge >= 0.3 is 0 Å². The van der Waals surface area contributed by atoms with Gasteiger partial charge in [0, 0.05) is 29.8 Å². The molecule has 1 aliphatic rings. The van der Waals surface area contributed by atoms with Gasteiger partial charge in [0.05, 0.1) is 7.11 Å². The van der Waals surface area contributed by atoms with Crippen molar-refractivity contribution in [1.29, 1.82) is 0 Å². The van der Waals surface area contributed by atoms with Crippen LogP contribution in [0.5, 0.6) is 5.75 Å². The Kier molecular flexibility index (Phi) is 3.46. The van der Waals surface area contributed by atoms with Crippen LogP contribution >= 0.6 is 0 Å². The van der Waals surface area contributed by atoms with Crippen LogP contribution in [0.3, 0.4) is 0 Å². The Balaban J connectivity index is 2.41. The summed E-state index contributed by atoms with van der Waals surface area (Å²) in [4.78, 5) is 23.5. The summed E-state index contributed by atoms with van der Waals surface area (Å²) < 4.78 is 5.25. The van der Waals surface area contributed by atoms with Crippen LogP contribution in [-0.2, 0) is 11.2 Å². The lowest BCUT2D eigenvalue weighted by atomic mass is 9.86. The van der Waals surface area contributed by atoms with Gasteiger partial charge in [-0.05, 0) is 18.9 Å². The van der Waals surface area contributed by atoms with Gasteiger partial charge in [-0.25, -0.2) is 0 Å². The molecular formula is C14H15NO3. The second kappa shape index (κ2) is 5.04. The molecular weight excluding hydrogens is 230 g/mol. The summed E-state index contributed by atoms with van der Waals surface area (Å²) in [6, 6.07) is 5.41. The Labute approximate surface area is 106 Å². The molecule has 0 spiro atoms. The van der Waals surface area contributed by atoms with Gasteiger partial charge in [0.15, 0.2) is 5.78 Å². The fourth-order valence-corrected chi connectivity index (χ4v) is 2.14. The smallest absolute Gasteiger partial charge is 0.244 e. The molecule has 18 heavy (non-hydrogen) atoms. The number of ketones is 1. The first-order valence-electron chi connectivity index (χ1n) is 5.80. The van der Waals surface area contributed by atoms with Crippen LogP contribution in [-0.4, -0.2) is 25.8 Å². The average Bonchev–Trinajstić information content (AvgIpc) is 2.41. The van der Waals surface area contributed by atoms with Crippen molar-refractivity contribution in [2.45, 2.75) is 12.8 Å².